The lowest BCUT2D eigenvalue weighted by Crippen LogP contribution is -1.93. The lowest BCUT2D eigenvalue weighted by Gasteiger charge is -2.01. The minimum Gasteiger partial charge on any atom is -0.343 e. The monoisotopic (exact) mass is 311 g/mol. The molecule has 7 heteroatoms. The van der Waals surface area contributed by atoms with Crippen LogP contribution >= 0.6 is 27.5 Å². The van der Waals surface area contributed by atoms with E-state index in [1.165, 1.54) is 0 Å². The van der Waals surface area contributed by atoms with Gasteiger partial charge in [-0.25, -0.2) is 13.2 Å². The van der Waals surface area contributed by atoms with Gasteiger partial charge in [-0.15, -0.1) is 0 Å². The first-order valence-electron chi connectivity index (χ1n) is 3.96. The standard InChI is InChI=1S/C9H2BrClF3NO/c10-7-8(15-16-9(7)11)6-4(13)1-3(12)2-5(6)14/h1-2H. The maximum absolute atomic E-state index is 13.4. The van der Waals surface area contributed by atoms with E-state index in [9.17, 15) is 13.2 Å². The molecule has 0 aliphatic heterocycles. The van der Waals surface area contributed by atoms with Crippen molar-refractivity contribution in [3.63, 3.8) is 0 Å². The van der Waals surface area contributed by atoms with Crippen LogP contribution in [0.4, 0.5) is 13.2 Å². The molecule has 84 valence electrons. The van der Waals surface area contributed by atoms with E-state index >= 15 is 0 Å². The quantitative estimate of drug-likeness (QED) is 0.789. The summed E-state index contributed by atoms with van der Waals surface area (Å²) in [5, 5.41) is 3.24. The highest BCUT2D eigenvalue weighted by Gasteiger charge is 2.21. The van der Waals surface area contributed by atoms with Crippen molar-refractivity contribution in [2.75, 3.05) is 0 Å². The Labute approximate surface area is 101 Å². The maximum Gasteiger partial charge on any atom is 0.240 e. The summed E-state index contributed by atoms with van der Waals surface area (Å²) < 4.78 is 44.0. The van der Waals surface area contributed by atoms with Gasteiger partial charge in [-0.2, -0.15) is 0 Å². The first kappa shape index (κ1) is 11.5. The third-order valence-electron chi connectivity index (χ3n) is 1.84. The van der Waals surface area contributed by atoms with E-state index in [4.69, 9.17) is 11.6 Å². The predicted molar refractivity (Wildman–Crippen MR) is 54.5 cm³/mol. The Balaban J connectivity index is 2.69. The Kier molecular flexibility index (Phi) is 2.94. The van der Waals surface area contributed by atoms with E-state index in [0.29, 0.717) is 12.1 Å². The fourth-order valence-corrected chi connectivity index (χ4v) is 1.65. The molecule has 1 aromatic carbocycles. The Morgan fingerprint density at radius 2 is 1.75 bits per heavy atom. The third kappa shape index (κ3) is 1.82. The fraction of sp³-hybridized carbons (Fsp3) is 0. The van der Waals surface area contributed by atoms with Crippen LogP contribution < -0.4 is 0 Å². The third-order valence-corrected chi connectivity index (χ3v) is 3.06. The molecule has 0 radical (unpaired) electrons. The Morgan fingerprint density at radius 1 is 1.19 bits per heavy atom. The van der Waals surface area contributed by atoms with Crippen LogP contribution in [-0.4, -0.2) is 5.16 Å². The van der Waals surface area contributed by atoms with Crippen molar-refractivity contribution in [2.24, 2.45) is 0 Å². The van der Waals surface area contributed by atoms with E-state index in [0.717, 1.165) is 0 Å². The van der Waals surface area contributed by atoms with E-state index in [-0.39, 0.29) is 15.4 Å². The van der Waals surface area contributed by atoms with Crippen molar-refractivity contribution in [2.45, 2.75) is 0 Å². The normalized spacial score (nSPS) is 10.8. The van der Waals surface area contributed by atoms with Crippen molar-refractivity contribution in [1.29, 1.82) is 0 Å². The van der Waals surface area contributed by atoms with E-state index in [2.05, 4.69) is 25.6 Å². The summed E-state index contributed by atoms with van der Waals surface area (Å²) in [6.07, 6.45) is 0. The molecule has 0 bridgehead atoms. The van der Waals surface area contributed by atoms with Crippen molar-refractivity contribution in [3.8, 4) is 11.3 Å². The van der Waals surface area contributed by atoms with Gasteiger partial charge in [0.05, 0.1) is 5.56 Å². The van der Waals surface area contributed by atoms with E-state index in [1.807, 2.05) is 0 Å². The van der Waals surface area contributed by atoms with Crippen LogP contribution in [0.15, 0.2) is 21.1 Å². The van der Waals surface area contributed by atoms with Gasteiger partial charge in [0.15, 0.2) is 0 Å². The molecular weight excluding hydrogens is 310 g/mol. The lowest BCUT2D eigenvalue weighted by molar-refractivity contribution is 0.422. The molecule has 0 aliphatic carbocycles. The first-order valence-corrected chi connectivity index (χ1v) is 5.13. The minimum absolute atomic E-state index is 0.110. The molecule has 2 nitrogen and oxygen atoms in total. The second-order valence-corrected chi connectivity index (χ2v) is 4.00. The fourth-order valence-electron chi connectivity index (χ4n) is 1.18. The van der Waals surface area contributed by atoms with Crippen LogP contribution in [0.3, 0.4) is 0 Å². The Bertz CT molecular complexity index is 535. The zero-order valence-corrected chi connectivity index (χ0v) is 9.74. The van der Waals surface area contributed by atoms with Crippen molar-refractivity contribution in [3.05, 3.63) is 39.3 Å². The average Bonchev–Trinajstić information content (AvgIpc) is 2.48. The highest BCUT2D eigenvalue weighted by atomic mass is 79.9. The van der Waals surface area contributed by atoms with Crippen molar-refractivity contribution >= 4 is 27.5 Å². The van der Waals surface area contributed by atoms with Gasteiger partial charge < -0.3 is 4.52 Å². The summed E-state index contributed by atoms with van der Waals surface area (Å²) in [6.45, 7) is 0. The van der Waals surface area contributed by atoms with Gasteiger partial charge >= 0.3 is 0 Å². The zero-order valence-electron chi connectivity index (χ0n) is 7.40. The molecule has 0 saturated heterocycles. The lowest BCUT2D eigenvalue weighted by atomic mass is 10.1. The summed E-state index contributed by atoms with van der Waals surface area (Å²) in [4.78, 5) is 0. The molecule has 0 saturated carbocycles. The molecule has 0 unspecified atom stereocenters. The molecule has 0 atom stereocenters. The zero-order chi connectivity index (χ0) is 11.9. The summed E-state index contributed by atoms with van der Waals surface area (Å²) in [5.74, 6) is -3.17. The summed E-state index contributed by atoms with van der Waals surface area (Å²) >= 11 is 8.48. The summed E-state index contributed by atoms with van der Waals surface area (Å²) in [6, 6.07) is 1.10. The SMILES string of the molecule is Fc1cc(F)c(-c2noc(Cl)c2Br)c(F)c1. The maximum atomic E-state index is 13.4. The van der Waals surface area contributed by atoms with Crippen LogP contribution in [-0.2, 0) is 0 Å². The number of halogens is 5. The van der Waals surface area contributed by atoms with Crippen LogP contribution in [0.2, 0.25) is 5.22 Å². The Hall–Kier alpha value is -1.01. The van der Waals surface area contributed by atoms with Gasteiger partial charge in [-0.1, -0.05) is 5.16 Å². The smallest absolute Gasteiger partial charge is 0.240 e. The number of hydrogen-bond donors (Lipinski definition) is 0. The Morgan fingerprint density at radius 3 is 2.19 bits per heavy atom. The number of nitrogens with zero attached hydrogens (tertiary/aromatic N) is 1. The number of benzene rings is 1. The highest BCUT2D eigenvalue weighted by molar-refractivity contribution is 9.10. The summed E-state index contributed by atoms with van der Waals surface area (Å²) in [5.41, 5.74) is -0.649. The van der Waals surface area contributed by atoms with Crippen LogP contribution in [0.1, 0.15) is 0 Å². The molecule has 0 amide bonds. The molecular formula is C9H2BrClF3NO. The van der Waals surface area contributed by atoms with Gasteiger partial charge in [0.25, 0.3) is 0 Å². The largest absolute Gasteiger partial charge is 0.343 e. The molecule has 0 fully saturated rings. The molecule has 1 aromatic heterocycles. The number of aromatic nitrogens is 1. The number of rotatable bonds is 1. The van der Waals surface area contributed by atoms with Gasteiger partial charge in [-0.05, 0) is 27.5 Å². The van der Waals surface area contributed by atoms with Crippen LogP contribution in [0, 0.1) is 17.5 Å². The topological polar surface area (TPSA) is 26.0 Å². The molecule has 2 rings (SSSR count). The van der Waals surface area contributed by atoms with Gasteiger partial charge in [0.1, 0.15) is 27.6 Å². The first-order chi connectivity index (χ1) is 7.50. The molecule has 0 N–H and O–H groups in total. The van der Waals surface area contributed by atoms with Gasteiger partial charge in [0, 0.05) is 12.1 Å². The van der Waals surface area contributed by atoms with Gasteiger partial charge in [-0.3, -0.25) is 0 Å². The summed E-state index contributed by atoms with van der Waals surface area (Å²) in [7, 11) is 0. The predicted octanol–water partition coefficient (Wildman–Crippen LogP) is 4.17. The minimum atomic E-state index is -1.08. The highest BCUT2D eigenvalue weighted by Crippen LogP contribution is 2.36. The molecule has 16 heavy (non-hydrogen) atoms. The van der Waals surface area contributed by atoms with Crippen LogP contribution in [0.25, 0.3) is 11.3 Å². The molecule has 2 aromatic rings. The van der Waals surface area contributed by atoms with Crippen molar-refractivity contribution < 1.29 is 17.7 Å². The molecule has 0 spiro atoms. The van der Waals surface area contributed by atoms with E-state index in [1.54, 1.807) is 0 Å². The van der Waals surface area contributed by atoms with Crippen molar-refractivity contribution in [1.82, 2.24) is 5.16 Å². The average molecular weight is 312 g/mol. The van der Waals surface area contributed by atoms with Crippen LogP contribution in [0.5, 0.6) is 0 Å². The van der Waals surface area contributed by atoms with Gasteiger partial charge in [0.2, 0.25) is 5.22 Å². The van der Waals surface area contributed by atoms with E-state index < -0.39 is 23.0 Å². The molecule has 1 heterocycles. The second-order valence-electron chi connectivity index (χ2n) is 2.86. The second kappa shape index (κ2) is 4.10. The molecule has 0 aliphatic rings. The number of hydrogen-bond acceptors (Lipinski definition) is 2.